The lowest BCUT2D eigenvalue weighted by molar-refractivity contribution is 0.327. The van der Waals surface area contributed by atoms with Gasteiger partial charge in [0.2, 0.25) is 5.88 Å². The Morgan fingerprint density at radius 2 is 2.12 bits per heavy atom. The zero-order valence-electron chi connectivity index (χ0n) is 13.5. The van der Waals surface area contributed by atoms with Gasteiger partial charge in [0.25, 0.3) is 0 Å². The molecule has 24 heavy (non-hydrogen) atoms. The van der Waals surface area contributed by atoms with Crippen LogP contribution in [0.3, 0.4) is 0 Å². The number of aromatic nitrogens is 5. The van der Waals surface area contributed by atoms with Gasteiger partial charge >= 0.3 is 0 Å². The fourth-order valence-electron chi connectivity index (χ4n) is 2.21. The van der Waals surface area contributed by atoms with Gasteiger partial charge in [-0.15, -0.1) is 5.10 Å². The molecule has 0 saturated heterocycles. The van der Waals surface area contributed by atoms with Gasteiger partial charge in [-0.25, -0.2) is 14.6 Å². The normalized spacial score (nSPS) is 11.5. The topological polar surface area (TPSA) is 89.5 Å². The van der Waals surface area contributed by atoms with Crippen LogP contribution in [0.5, 0.6) is 11.6 Å². The third-order valence-corrected chi connectivity index (χ3v) is 3.98. The zero-order valence-corrected chi connectivity index (χ0v) is 15.1. The van der Waals surface area contributed by atoms with E-state index >= 15 is 0 Å². The minimum Gasteiger partial charge on any atom is -0.436 e. The Morgan fingerprint density at radius 3 is 2.83 bits per heavy atom. The fraction of sp³-hybridized carbons (Fsp3) is 0.312. The van der Waals surface area contributed by atoms with Crippen LogP contribution < -0.4 is 4.74 Å². The van der Waals surface area contributed by atoms with E-state index in [1.54, 1.807) is 6.07 Å². The summed E-state index contributed by atoms with van der Waals surface area (Å²) < 4.78 is 8.29. The first-order valence-corrected chi connectivity index (χ1v) is 8.08. The SMILES string of the molecule is CC(C)(C)Cn1nnc2c(Br)c(Oc3ncncc3C#N)ccc21. The fourth-order valence-corrected chi connectivity index (χ4v) is 2.71. The molecule has 2 heterocycles. The highest BCUT2D eigenvalue weighted by molar-refractivity contribution is 9.10. The van der Waals surface area contributed by atoms with Gasteiger partial charge in [0.05, 0.1) is 16.2 Å². The van der Waals surface area contributed by atoms with Crippen LogP contribution in [0.25, 0.3) is 11.0 Å². The van der Waals surface area contributed by atoms with Crippen molar-refractivity contribution in [1.29, 1.82) is 5.26 Å². The Morgan fingerprint density at radius 1 is 1.33 bits per heavy atom. The summed E-state index contributed by atoms with van der Waals surface area (Å²) in [5.41, 5.74) is 1.96. The lowest BCUT2D eigenvalue weighted by Gasteiger charge is -2.18. The Balaban J connectivity index is 2.00. The van der Waals surface area contributed by atoms with E-state index in [1.165, 1.54) is 12.5 Å². The van der Waals surface area contributed by atoms with Gasteiger partial charge in [-0.3, -0.25) is 0 Å². The van der Waals surface area contributed by atoms with E-state index in [9.17, 15) is 0 Å². The molecule has 0 aliphatic rings. The molecule has 0 radical (unpaired) electrons. The highest BCUT2D eigenvalue weighted by atomic mass is 79.9. The molecule has 7 nitrogen and oxygen atoms in total. The first-order chi connectivity index (χ1) is 11.4. The van der Waals surface area contributed by atoms with Gasteiger partial charge in [-0.05, 0) is 33.5 Å². The first-order valence-electron chi connectivity index (χ1n) is 7.29. The van der Waals surface area contributed by atoms with Gasteiger partial charge in [0.15, 0.2) is 0 Å². The number of fused-ring (bicyclic) bond motifs is 1. The van der Waals surface area contributed by atoms with Crippen molar-refractivity contribution in [2.75, 3.05) is 0 Å². The summed E-state index contributed by atoms with van der Waals surface area (Å²) in [7, 11) is 0. The van der Waals surface area contributed by atoms with Crippen LogP contribution in [0, 0.1) is 16.7 Å². The molecule has 0 bridgehead atoms. The number of hydrogen-bond donors (Lipinski definition) is 0. The molecule has 0 N–H and O–H groups in total. The summed E-state index contributed by atoms with van der Waals surface area (Å²) in [5.74, 6) is 0.718. The highest BCUT2D eigenvalue weighted by Gasteiger charge is 2.18. The third kappa shape index (κ3) is 3.21. The first kappa shape index (κ1) is 16.3. The molecule has 0 aliphatic carbocycles. The van der Waals surface area contributed by atoms with Crippen molar-refractivity contribution < 1.29 is 4.74 Å². The number of rotatable bonds is 3. The Labute approximate surface area is 147 Å². The largest absolute Gasteiger partial charge is 0.436 e. The van der Waals surface area contributed by atoms with Crippen molar-refractivity contribution in [1.82, 2.24) is 25.0 Å². The quantitative estimate of drug-likeness (QED) is 0.681. The summed E-state index contributed by atoms with van der Waals surface area (Å²) in [5, 5.41) is 17.6. The minimum atomic E-state index is 0.0882. The van der Waals surface area contributed by atoms with Crippen LogP contribution in [-0.2, 0) is 6.54 Å². The molecule has 0 atom stereocenters. The Bertz CT molecular complexity index is 938. The van der Waals surface area contributed by atoms with Crippen LogP contribution in [0.15, 0.2) is 29.1 Å². The molecule has 8 heteroatoms. The van der Waals surface area contributed by atoms with E-state index < -0.39 is 0 Å². The van der Waals surface area contributed by atoms with Gasteiger partial charge < -0.3 is 4.74 Å². The third-order valence-electron chi connectivity index (χ3n) is 3.22. The van der Waals surface area contributed by atoms with Gasteiger partial charge in [-0.2, -0.15) is 5.26 Å². The predicted molar refractivity (Wildman–Crippen MR) is 91.5 cm³/mol. The van der Waals surface area contributed by atoms with Gasteiger partial charge in [0, 0.05) is 6.54 Å². The van der Waals surface area contributed by atoms with Gasteiger partial charge in [0.1, 0.15) is 29.2 Å². The second-order valence-electron chi connectivity index (χ2n) is 6.51. The molecule has 3 aromatic rings. The molecule has 3 rings (SSSR count). The summed E-state index contributed by atoms with van der Waals surface area (Å²) in [6, 6.07) is 5.71. The average Bonchev–Trinajstić information content (AvgIpc) is 2.92. The van der Waals surface area contributed by atoms with E-state index in [-0.39, 0.29) is 16.9 Å². The van der Waals surface area contributed by atoms with Crippen molar-refractivity contribution in [2.24, 2.45) is 5.41 Å². The zero-order chi connectivity index (χ0) is 17.3. The second-order valence-corrected chi connectivity index (χ2v) is 7.30. The lowest BCUT2D eigenvalue weighted by Crippen LogP contribution is -2.16. The predicted octanol–water partition coefficient (Wildman–Crippen LogP) is 3.69. The maximum absolute atomic E-state index is 9.10. The lowest BCUT2D eigenvalue weighted by atomic mass is 9.97. The molecule has 122 valence electrons. The smallest absolute Gasteiger partial charge is 0.240 e. The maximum atomic E-state index is 9.10. The molecule has 0 amide bonds. The number of hydrogen-bond acceptors (Lipinski definition) is 6. The van der Waals surface area contributed by atoms with E-state index in [0.29, 0.717) is 15.7 Å². The monoisotopic (exact) mass is 386 g/mol. The number of benzene rings is 1. The van der Waals surface area contributed by atoms with Crippen molar-refractivity contribution in [3.8, 4) is 17.7 Å². The molecule has 0 spiro atoms. The molecular weight excluding hydrogens is 372 g/mol. The van der Waals surface area contributed by atoms with Crippen molar-refractivity contribution in [3.05, 3.63) is 34.7 Å². The van der Waals surface area contributed by atoms with Crippen LogP contribution >= 0.6 is 15.9 Å². The van der Waals surface area contributed by atoms with Crippen molar-refractivity contribution >= 4 is 27.0 Å². The molecule has 0 fully saturated rings. The van der Waals surface area contributed by atoms with Crippen LogP contribution in [0.4, 0.5) is 0 Å². The van der Waals surface area contributed by atoms with E-state index in [4.69, 9.17) is 10.00 Å². The molecule has 0 aliphatic heterocycles. The van der Waals surface area contributed by atoms with Crippen molar-refractivity contribution in [3.63, 3.8) is 0 Å². The molecule has 1 aromatic carbocycles. The number of ether oxygens (including phenoxy) is 1. The summed E-state index contributed by atoms with van der Waals surface area (Å²) in [6.45, 7) is 7.18. The Hall–Kier alpha value is -2.53. The van der Waals surface area contributed by atoms with Gasteiger partial charge in [-0.1, -0.05) is 26.0 Å². The summed E-state index contributed by atoms with van der Waals surface area (Å²) in [4.78, 5) is 7.82. The highest BCUT2D eigenvalue weighted by Crippen LogP contribution is 2.35. The minimum absolute atomic E-state index is 0.0882. The van der Waals surface area contributed by atoms with Crippen LogP contribution in [-0.4, -0.2) is 25.0 Å². The van der Waals surface area contributed by atoms with E-state index in [2.05, 4.69) is 57.0 Å². The van der Waals surface area contributed by atoms with Crippen LogP contribution in [0.1, 0.15) is 26.3 Å². The number of nitriles is 1. The summed E-state index contributed by atoms with van der Waals surface area (Å²) >= 11 is 3.51. The average molecular weight is 387 g/mol. The van der Waals surface area contributed by atoms with E-state index in [0.717, 1.165) is 12.1 Å². The number of halogens is 1. The molecule has 0 saturated carbocycles. The Kier molecular flexibility index (Phi) is 4.20. The standard InChI is InChI=1S/C16H15BrN6O/c1-16(2,3)8-23-11-4-5-12(13(17)14(11)21-22-23)24-15-10(6-18)7-19-9-20-15/h4-5,7,9H,8H2,1-3H3. The molecule has 2 aromatic heterocycles. The van der Waals surface area contributed by atoms with Crippen LogP contribution in [0.2, 0.25) is 0 Å². The van der Waals surface area contributed by atoms with Crippen molar-refractivity contribution in [2.45, 2.75) is 27.3 Å². The number of nitrogens with zero attached hydrogens (tertiary/aromatic N) is 6. The summed E-state index contributed by atoms with van der Waals surface area (Å²) in [6.07, 6.45) is 2.75. The maximum Gasteiger partial charge on any atom is 0.240 e. The molecule has 0 unspecified atom stereocenters. The second kappa shape index (κ2) is 6.17. The van der Waals surface area contributed by atoms with E-state index in [1.807, 2.05) is 16.8 Å². The molecular formula is C16H15BrN6O.